The fraction of sp³-hybridized carbons (Fsp3) is 0.379. The molecule has 3 aliphatic rings. The third kappa shape index (κ3) is 5.63. The number of halogens is 2. The van der Waals surface area contributed by atoms with Crippen LogP contribution in [-0.4, -0.2) is 74.1 Å². The molecular weight excluding hydrogens is 589 g/mol. The molecule has 0 saturated carbocycles. The van der Waals surface area contributed by atoms with E-state index in [9.17, 15) is 29.4 Å². The number of carboxylic acids is 1. The van der Waals surface area contributed by atoms with Crippen molar-refractivity contribution < 1.29 is 29.4 Å². The van der Waals surface area contributed by atoms with Crippen LogP contribution >= 0.6 is 35.0 Å². The number of likely N-dealkylation sites (tertiary alicyclic amines) is 1. The molecule has 3 aliphatic heterocycles. The second-order valence-electron chi connectivity index (χ2n) is 10.7. The van der Waals surface area contributed by atoms with Gasteiger partial charge in [0.2, 0.25) is 11.8 Å². The van der Waals surface area contributed by atoms with Gasteiger partial charge in [-0.15, -0.1) is 11.8 Å². The van der Waals surface area contributed by atoms with Crippen LogP contribution in [0.2, 0.25) is 10.0 Å². The number of aliphatic hydroxyl groups excluding tert-OH is 1. The Balaban J connectivity index is 1.40. The molecule has 6 atom stereocenters. The van der Waals surface area contributed by atoms with Gasteiger partial charge in [-0.1, -0.05) is 48.3 Å². The highest BCUT2D eigenvalue weighted by Gasteiger charge is 2.60. The van der Waals surface area contributed by atoms with Crippen LogP contribution in [-0.2, 0) is 20.9 Å². The molecule has 0 spiro atoms. The van der Waals surface area contributed by atoms with Gasteiger partial charge in [0.05, 0.1) is 34.2 Å². The van der Waals surface area contributed by atoms with E-state index in [4.69, 9.17) is 23.2 Å². The number of β-lactam (4-membered cyclic amide) rings is 1. The number of aliphatic hydroxyl groups is 1. The molecule has 0 radical (unpaired) electrons. The molecule has 0 aliphatic carbocycles. The summed E-state index contributed by atoms with van der Waals surface area (Å²) in [5, 5.41) is 23.8. The first-order valence-electron chi connectivity index (χ1n) is 13.2. The van der Waals surface area contributed by atoms with E-state index in [-0.39, 0.29) is 28.7 Å². The SMILES string of the molecule is C[C@@H](O)[C@H]1C(=O)N2C(C(=O)O)=C(S[C@H]3C[C@@H](C(=O)Nc4cccc(C=O)c4)N(Cc4ccc(Cl)c(Cl)c4)C3)[C@H](C)[C@H]12. The largest absolute Gasteiger partial charge is 0.477 e. The Hall–Kier alpha value is -2.89. The molecule has 5 rings (SSSR count). The van der Waals surface area contributed by atoms with Crippen molar-refractivity contribution in [3.63, 3.8) is 0 Å². The highest BCUT2D eigenvalue weighted by molar-refractivity contribution is 8.03. The van der Waals surface area contributed by atoms with Crippen LogP contribution in [0.15, 0.2) is 53.1 Å². The molecule has 216 valence electrons. The van der Waals surface area contributed by atoms with Gasteiger partial charge >= 0.3 is 5.97 Å². The quantitative estimate of drug-likeness (QED) is 0.281. The minimum Gasteiger partial charge on any atom is -0.477 e. The zero-order chi connectivity index (χ0) is 29.6. The monoisotopic (exact) mass is 617 g/mol. The molecular formula is C29H29Cl2N3O6S. The van der Waals surface area contributed by atoms with Crippen molar-refractivity contribution in [2.45, 2.75) is 50.3 Å². The summed E-state index contributed by atoms with van der Waals surface area (Å²) < 4.78 is 0. The van der Waals surface area contributed by atoms with Gasteiger partial charge in [0.1, 0.15) is 12.0 Å². The minimum atomic E-state index is -1.19. The van der Waals surface area contributed by atoms with Crippen LogP contribution in [0.3, 0.4) is 0 Å². The number of hydrogen-bond acceptors (Lipinski definition) is 7. The predicted octanol–water partition coefficient (Wildman–Crippen LogP) is 4.27. The summed E-state index contributed by atoms with van der Waals surface area (Å²) in [6, 6.07) is 11.0. The molecule has 0 bridgehead atoms. The number of hydrogen-bond donors (Lipinski definition) is 3. The van der Waals surface area contributed by atoms with Crippen LogP contribution < -0.4 is 5.32 Å². The van der Waals surface area contributed by atoms with Crippen molar-refractivity contribution in [3.8, 4) is 0 Å². The van der Waals surface area contributed by atoms with Crippen LogP contribution in [0.4, 0.5) is 5.69 Å². The van der Waals surface area contributed by atoms with E-state index < -0.39 is 30.1 Å². The van der Waals surface area contributed by atoms with Crippen LogP contribution in [0.25, 0.3) is 0 Å². The number of aliphatic carboxylic acids is 1. The summed E-state index contributed by atoms with van der Waals surface area (Å²) in [5.74, 6) is -2.74. The number of amides is 2. The fourth-order valence-corrected chi connectivity index (χ4v) is 7.92. The van der Waals surface area contributed by atoms with Gasteiger partial charge in [0, 0.05) is 40.4 Å². The number of nitrogens with zero attached hydrogens (tertiary/aromatic N) is 2. The molecule has 41 heavy (non-hydrogen) atoms. The average molecular weight is 619 g/mol. The Morgan fingerprint density at radius 3 is 2.61 bits per heavy atom. The maximum Gasteiger partial charge on any atom is 0.353 e. The first kappa shape index (κ1) is 29.6. The summed E-state index contributed by atoms with van der Waals surface area (Å²) >= 11 is 13.7. The fourth-order valence-electron chi connectivity index (χ4n) is 6.04. The van der Waals surface area contributed by atoms with Crippen molar-refractivity contribution in [2.24, 2.45) is 11.8 Å². The Morgan fingerprint density at radius 1 is 1.20 bits per heavy atom. The first-order valence-corrected chi connectivity index (χ1v) is 14.8. The number of fused-ring (bicyclic) bond motifs is 1. The topological polar surface area (TPSA) is 127 Å². The maximum atomic E-state index is 13.5. The van der Waals surface area contributed by atoms with Crippen LogP contribution in [0, 0.1) is 11.8 Å². The van der Waals surface area contributed by atoms with Gasteiger partial charge in [0.15, 0.2) is 0 Å². The zero-order valence-corrected chi connectivity index (χ0v) is 24.6. The second kappa shape index (κ2) is 11.8. The number of carbonyl (C=O) groups is 4. The van der Waals surface area contributed by atoms with Gasteiger partial charge in [-0.25, -0.2) is 4.79 Å². The van der Waals surface area contributed by atoms with Gasteiger partial charge < -0.3 is 20.4 Å². The van der Waals surface area contributed by atoms with Crippen molar-refractivity contribution in [3.05, 3.63) is 74.2 Å². The number of anilines is 1. The van der Waals surface area contributed by atoms with Crippen molar-refractivity contribution in [1.29, 1.82) is 0 Å². The number of thioether (sulfide) groups is 1. The first-order chi connectivity index (χ1) is 19.5. The van der Waals surface area contributed by atoms with E-state index in [1.165, 1.54) is 16.7 Å². The number of carbonyl (C=O) groups excluding carboxylic acids is 3. The van der Waals surface area contributed by atoms with Crippen molar-refractivity contribution >= 4 is 64.7 Å². The number of aldehydes is 1. The molecule has 3 N–H and O–H groups in total. The van der Waals surface area contributed by atoms with E-state index >= 15 is 0 Å². The zero-order valence-electron chi connectivity index (χ0n) is 22.3. The molecule has 3 heterocycles. The van der Waals surface area contributed by atoms with E-state index in [0.717, 1.165) is 5.56 Å². The Kier molecular flexibility index (Phi) is 8.50. The average Bonchev–Trinajstić information content (AvgIpc) is 3.42. The summed E-state index contributed by atoms with van der Waals surface area (Å²) in [6.07, 6.45) is 0.248. The lowest BCUT2D eigenvalue weighted by Gasteiger charge is -2.46. The molecule has 0 unspecified atom stereocenters. The van der Waals surface area contributed by atoms with Gasteiger partial charge in [0.25, 0.3) is 0 Å². The van der Waals surface area contributed by atoms with Gasteiger partial charge in [-0.2, -0.15) is 0 Å². The van der Waals surface area contributed by atoms with Crippen LogP contribution in [0.5, 0.6) is 0 Å². The molecule has 2 amide bonds. The lowest BCUT2D eigenvalue weighted by Crippen LogP contribution is -2.63. The van der Waals surface area contributed by atoms with Crippen molar-refractivity contribution in [1.82, 2.24) is 9.80 Å². The highest BCUT2D eigenvalue weighted by atomic mass is 35.5. The number of benzene rings is 2. The van der Waals surface area contributed by atoms with E-state index in [2.05, 4.69) is 5.32 Å². The molecule has 2 aromatic carbocycles. The molecule has 9 nitrogen and oxygen atoms in total. The predicted molar refractivity (Wildman–Crippen MR) is 157 cm³/mol. The van der Waals surface area contributed by atoms with Gasteiger partial charge in [-0.3, -0.25) is 19.3 Å². The standard InChI is InChI=1S/C29H29Cl2N3O6S/c1-14-24-23(15(2)36)28(38)34(24)25(29(39)40)26(14)41-19-10-22(27(37)32-18-5-3-4-17(8-18)13-35)33(12-19)11-16-6-7-20(30)21(31)9-16/h3-9,13-15,19,22-24,36H,10-12H2,1-2H3,(H,32,37)(H,39,40)/t14-,15-,19+,22+,23-,24-/m1/s1. The summed E-state index contributed by atoms with van der Waals surface area (Å²) in [7, 11) is 0. The Labute approximate surface area is 251 Å². The molecule has 2 saturated heterocycles. The molecule has 12 heteroatoms. The van der Waals surface area contributed by atoms with E-state index in [1.54, 1.807) is 43.3 Å². The summed E-state index contributed by atoms with van der Waals surface area (Å²) in [6.45, 7) is 4.30. The molecule has 2 aromatic rings. The Morgan fingerprint density at radius 2 is 1.95 bits per heavy atom. The number of nitrogens with one attached hydrogen (secondary N) is 1. The smallest absolute Gasteiger partial charge is 0.353 e. The van der Waals surface area contributed by atoms with E-state index in [0.29, 0.717) is 52.0 Å². The summed E-state index contributed by atoms with van der Waals surface area (Å²) in [4.78, 5) is 53.7. The highest BCUT2D eigenvalue weighted by Crippen LogP contribution is 2.52. The van der Waals surface area contributed by atoms with Crippen molar-refractivity contribution in [2.75, 3.05) is 11.9 Å². The lowest BCUT2D eigenvalue weighted by molar-refractivity contribution is -0.163. The minimum absolute atomic E-state index is 0.0380. The lowest BCUT2D eigenvalue weighted by atomic mass is 9.79. The molecule has 2 fully saturated rings. The second-order valence-corrected chi connectivity index (χ2v) is 12.8. The number of carboxylic acid groups (broad SMARTS) is 1. The normalized spacial score (nSPS) is 26.5. The summed E-state index contributed by atoms with van der Waals surface area (Å²) in [5.41, 5.74) is 1.76. The van der Waals surface area contributed by atoms with E-state index in [1.807, 2.05) is 17.9 Å². The van der Waals surface area contributed by atoms with Gasteiger partial charge in [-0.05, 0) is 43.2 Å². The third-order valence-corrected chi connectivity index (χ3v) is 10.2. The maximum absolute atomic E-state index is 13.5. The Bertz CT molecular complexity index is 1450. The molecule has 0 aromatic heterocycles. The van der Waals surface area contributed by atoms with Crippen LogP contribution in [0.1, 0.15) is 36.2 Å². The third-order valence-electron chi connectivity index (χ3n) is 7.93. The number of rotatable bonds is 9.